The van der Waals surface area contributed by atoms with Gasteiger partial charge in [0.2, 0.25) is 5.91 Å². The third kappa shape index (κ3) is 3.48. The fourth-order valence-corrected chi connectivity index (χ4v) is 2.54. The summed E-state index contributed by atoms with van der Waals surface area (Å²) in [6.45, 7) is 0.696. The number of hydrogen-bond donors (Lipinski definition) is 1. The van der Waals surface area contributed by atoms with Gasteiger partial charge >= 0.3 is 0 Å². The van der Waals surface area contributed by atoms with Crippen molar-refractivity contribution in [2.24, 2.45) is 11.7 Å². The van der Waals surface area contributed by atoms with Gasteiger partial charge in [0.05, 0.1) is 12.5 Å². The van der Waals surface area contributed by atoms with Crippen molar-refractivity contribution in [2.45, 2.75) is 25.3 Å². The van der Waals surface area contributed by atoms with E-state index >= 15 is 0 Å². The Kier molecular flexibility index (Phi) is 4.95. The van der Waals surface area contributed by atoms with E-state index in [1.54, 1.807) is 30.1 Å². The minimum atomic E-state index is -0.390. The third-order valence-electron chi connectivity index (χ3n) is 3.78. The number of benzene rings is 1. The highest BCUT2D eigenvalue weighted by Gasteiger charge is 2.31. The lowest BCUT2D eigenvalue weighted by Crippen LogP contribution is -2.41. The highest BCUT2D eigenvalue weighted by Crippen LogP contribution is 2.25. The molecule has 2 N–H and O–H groups in total. The van der Waals surface area contributed by atoms with Gasteiger partial charge in [0.1, 0.15) is 6.61 Å². The number of carbonyl (C=O) groups excluding carboxylic acids is 1. The number of para-hydroxylation sites is 1. The Labute approximate surface area is 118 Å². The monoisotopic (exact) mass is 280 g/mol. The molecule has 1 saturated carbocycles. The molecular formula is C15H21FN2O2. The lowest BCUT2D eigenvalue weighted by molar-refractivity contribution is -0.134. The van der Waals surface area contributed by atoms with Crippen molar-refractivity contribution in [3.05, 3.63) is 30.1 Å². The molecule has 0 spiro atoms. The zero-order valence-electron chi connectivity index (χ0n) is 11.7. The molecule has 0 saturated heterocycles. The topological polar surface area (TPSA) is 55.6 Å². The average Bonchev–Trinajstić information content (AvgIpc) is 2.86. The van der Waals surface area contributed by atoms with Crippen molar-refractivity contribution in [2.75, 3.05) is 20.2 Å². The van der Waals surface area contributed by atoms with E-state index in [2.05, 4.69) is 0 Å². The molecule has 2 rings (SSSR count). The lowest BCUT2D eigenvalue weighted by Gasteiger charge is -2.23. The number of likely N-dealkylation sites (N-methyl/N-ethyl adjacent to an activating group) is 1. The fourth-order valence-electron chi connectivity index (χ4n) is 2.54. The van der Waals surface area contributed by atoms with Gasteiger partial charge in [0, 0.05) is 13.1 Å². The molecule has 1 amide bonds. The predicted molar refractivity (Wildman–Crippen MR) is 74.8 cm³/mol. The molecule has 1 aromatic carbocycles. The molecule has 0 aromatic heterocycles. The first-order valence-electron chi connectivity index (χ1n) is 6.97. The van der Waals surface area contributed by atoms with E-state index in [4.69, 9.17) is 10.5 Å². The second-order valence-corrected chi connectivity index (χ2v) is 5.24. The van der Waals surface area contributed by atoms with Crippen molar-refractivity contribution in [1.29, 1.82) is 0 Å². The number of carbonyl (C=O) groups is 1. The summed E-state index contributed by atoms with van der Waals surface area (Å²) in [4.78, 5) is 13.8. The fraction of sp³-hybridized carbons (Fsp3) is 0.533. The minimum Gasteiger partial charge on any atom is -0.489 e. The quantitative estimate of drug-likeness (QED) is 0.894. The molecule has 1 aliphatic carbocycles. The van der Waals surface area contributed by atoms with E-state index in [0.29, 0.717) is 6.54 Å². The Balaban J connectivity index is 1.79. The van der Waals surface area contributed by atoms with Crippen LogP contribution >= 0.6 is 0 Å². The number of rotatable bonds is 5. The number of amides is 1. The number of nitrogens with two attached hydrogens (primary N) is 1. The molecule has 0 radical (unpaired) electrons. The van der Waals surface area contributed by atoms with Crippen molar-refractivity contribution >= 4 is 5.91 Å². The second-order valence-electron chi connectivity index (χ2n) is 5.24. The van der Waals surface area contributed by atoms with Crippen LogP contribution in [0.1, 0.15) is 19.3 Å². The van der Waals surface area contributed by atoms with Crippen LogP contribution in [-0.2, 0) is 4.79 Å². The zero-order valence-corrected chi connectivity index (χ0v) is 11.7. The third-order valence-corrected chi connectivity index (χ3v) is 3.78. The molecule has 2 atom stereocenters. The van der Waals surface area contributed by atoms with E-state index in [1.807, 2.05) is 0 Å². The first kappa shape index (κ1) is 14.8. The summed E-state index contributed by atoms with van der Waals surface area (Å²) in [5.74, 6) is -0.189. The highest BCUT2D eigenvalue weighted by molar-refractivity contribution is 5.79. The maximum atomic E-state index is 13.3. The lowest BCUT2D eigenvalue weighted by atomic mass is 10.0. The van der Waals surface area contributed by atoms with Gasteiger partial charge in [-0.2, -0.15) is 0 Å². The number of ether oxygens (including phenoxy) is 1. The number of nitrogens with zero attached hydrogens (tertiary/aromatic N) is 1. The summed E-state index contributed by atoms with van der Waals surface area (Å²) >= 11 is 0. The van der Waals surface area contributed by atoms with Crippen LogP contribution < -0.4 is 10.5 Å². The molecular weight excluding hydrogens is 259 g/mol. The Hall–Kier alpha value is -1.62. The molecule has 110 valence electrons. The molecule has 20 heavy (non-hydrogen) atoms. The van der Waals surface area contributed by atoms with Gasteiger partial charge in [-0.05, 0) is 25.0 Å². The first-order valence-corrected chi connectivity index (χ1v) is 6.97. The van der Waals surface area contributed by atoms with Crippen LogP contribution in [0.5, 0.6) is 5.75 Å². The summed E-state index contributed by atoms with van der Waals surface area (Å²) in [5, 5.41) is 0. The van der Waals surface area contributed by atoms with Crippen molar-refractivity contribution in [3.8, 4) is 5.75 Å². The van der Waals surface area contributed by atoms with Crippen LogP contribution in [0.2, 0.25) is 0 Å². The smallest absolute Gasteiger partial charge is 0.227 e. The van der Waals surface area contributed by atoms with Crippen LogP contribution in [0.25, 0.3) is 0 Å². The first-order chi connectivity index (χ1) is 9.59. The molecule has 4 nitrogen and oxygen atoms in total. The van der Waals surface area contributed by atoms with E-state index in [0.717, 1.165) is 19.3 Å². The highest BCUT2D eigenvalue weighted by atomic mass is 19.1. The van der Waals surface area contributed by atoms with E-state index < -0.39 is 0 Å². The molecule has 0 aliphatic heterocycles. The molecule has 1 fully saturated rings. The van der Waals surface area contributed by atoms with Gasteiger partial charge in [-0.3, -0.25) is 4.79 Å². The molecule has 0 unspecified atom stereocenters. The summed E-state index contributed by atoms with van der Waals surface area (Å²) in [6.07, 6.45) is 2.78. The molecule has 1 aromatic rings. The SMILES string of the molecule is CN(CCOc1ccccc1F)C(=O)[C@@H]1CCC[C@@H]1N. The van der Waals surface area contributed by atoms with Gasteiger partial charge in [-0.15, -0.1) is 0 Å². The Morgan fingerprint density at radius 3 is 2.85 bits per heavy atom. The van der Waals surface area contributed by atoms with Crippen LogP contribution in [0.15, 0.2) is 24.3 Å². The van der Waals surface area contributed by atoms with Crippen LogP contribution in [0.4, 0.5) is 4.39 Å². The van der Waals surface area contributed by atoms with Crippen molar-refractivity contribution in [1.82, 2.24) is 4.90 Å². The molecule has 1 aliphatic rings. The number of hydrogen-bond acceptors (Lipinski definition) is 3. The van der Waals surface area contributed by atoms with Crippen LogP contribution in [0.3, 0.4) is 0 Å². The van der Waals surface area contributed by atoms with Gasteiger partial charge in [0.15, 0.2) is 11.6 Å². The Bertz CT molecular complexity index is 467. The minimum absolute atomic E-state index is 0.0302. The van der Waals surface area contributed by atoms with Gasteiger partial charge in [0.25, 0.3) is 0 Å². The maximum absolute atomic E-state index is 13.3. The summed E-state index contributed by atoms with van der Waals surface area (Å²) in [5.41, 5.74) is 5.93. The van der Waals surface area contributed by atoms with E-state index in [-0.39, 0.29) is 36.0 Å². The standard InChI is InChI=1S/C15H21FN2O2/c1-18(15(19)11-5-4-7-13(11)17)9-10-20-14-8-3-2-6-12(14)16/h2-3,6,8,11,13H,4-5,7,9-10,17H2,1H3/t11-,13+/m1/s1. The van der Waals surface area contributed by atoms with Crippen LogP contribution in [-0.4, -0.2) is 37.0 Å². The number of halogens is 1. The molecule has 0 bridgehead atoms. The molecule has 0 heterocycles. The van der Waals surface area contributed by atoms with Gasteiger partial charge in [-0.1, -0.05) is 18.6 Å². The summed E-state index contributed by atoms with van der Waals surface area (Å²) in [7, 11) is 1.73. The summed E-state index contributed by atoms with van der Waals surface area (Å²) < 4.78 is 18.7. The molecule has 5 heteroatoms. The average molecular weight is 280 g/mol. The largest absolute Gasteiger partial charge is 0.489 e. The van der Waals surface area contributed by atoms with E-state index in [1.165, 1.54) is 6.07 Å². The zero-order chi connectivity index (χ0) is 14.5. The maximum Gasteiger partial charge on any atom is 0.227 e. The van der Waals surface area contributed by atoms with Crippen molar-refractivity contribution in [3.63, 3.8) is 0 Å². The predicted octanol–water partition coefficient (Wildman–Crippen LogP) is 1.79. The van der Waals surface area contributed by atoms with Crippen molar-refractivity contribution < 1.29 is 13.9 Å². The normalized spacial score (nSPS) is 21.8. The van der Waals surface area contributed by atoms with E-state index in [9.17, 15) is 9.18 Å². The van der Waals surface area contributed by atoms with Gasteiger partial charge < -0.3 is 15.4 Å². The Morgan fingerprint density at radius 2 is 2.20 bits per heavy atom. The Morgan fingerprint density at radius 1 is 1.45 bits per heavy atom. The second kappa shape index (κ2) is 6.70. The summed E-state index contributed by atoms with van der Waals surface area (Å²) in [6, 6.07) is 6.22. The van der Waals surface area contributed by atoms with Crippen LogP contribution in [0, 0.1) is 11.7 Å². The van der Waals surface area contributed by atoms with Gasteiger partial charge in [-0.25, -0.2) is 4.39 Å².